The van der Waals surface area contributed by atoms with Crippen molar-refractivity contribution in [3.8, 4) is 11.5 Å². The Balaban J connectivity index is 1.30. The lowest BCUT2D eigenvalue weighted by Crippen LogP contribution is -2.38. The zero-order valence-corrected chi connectivity index (χ0v) is 15.7. The zero-order chi connectivity index (χ0) is 19.6. The summed E-state index contributed by atoms with van der Waals surface area (Å²) in [4.78, 5) is 26.4. The number of amides is 1. The highest BCUT2D eigenvalue weighted by Gasteiger charge is 2.55. The number of hydrogen-bond acceptors (Lipinski definition) is 8. The maximum Gasteiger partial charge on any atom is 0.446 e. The van der Waals surface area contributed by atoms with Crippen molar-refractivity contribution in [2.24, 2.45) is 0 Å². The number of carbonyl (C=O) groups excluding carboxylic acids is 1. The molecule has 2 aliphatic rings. The summed E-state index contributed by atoms with van der Waals surface area (Å²) in [7, 11) is -3.33. The van der Waals surface area contributed by atoms with E-state index in [1.54, 1.807) is 18.2 Å². The van der Waals surface area contributed by atoms with Crippen molar-refractivity contribution in [3.05, 3.63) is 48.3 Å². The highest BCUT2D eigenvalue weighted by Crippen LogP contribution is 2.69. The minimum absolute atomic E-state index is 0.215. The second-order valence-corrected chi connectivity index (χ2v) is 8.39. The molecule has 2 atom stereocenters. The third kappa shape index (κ3) is 3.94. The molecule has 2 aliphatic heterocycles. The number of nitrogens with zero attached hydrogens (tertiary/aromatic N) is 1. The van der Waals surface area contributed by atoms with Crippen molar-refractivity contribution in [3.63, 3.8) is 0 Å². The van der Waals surface area contributed by atoms with E-state index in [9.17, 15) is 14.8 Å². The minimum atomic E-state index is -3.33. The first kappa shape index (κ1) is 19.0. The van der Waals surface area contributed by atoms with Crippen LogP contribution in [0.2, 0.25) is 0 Å². The third-order valence-corrected chi connectivity index (χ3v) is 6.31. The fraction of sp³-hybridized carbons (Fsp3) is 0.333. The molecule has 10 heteroatoms. The number of pyridine rings is 1. The molecular weight excluding hydrogens is 387 g/mol. The van der Waals surface area contributed by atoms with Crippen LogP contribution in [0.1, 0.15) is 18.0 Å². The van der Waals surface area contributed by atoms with Gasteiger partial charge in [0.15, 0.2) is 6.10 Å². The van der Waals surface area contributed by atoms with Gasteiger partial charge in [0, 0.05) is 6.42 Å². The van der Waals surface area contributed by atoms with Gasteiger partial charge in [-0.25, -0.2) is 0 Å². The van der Waals surface area contributed by atoms with Crippen molar-refractivity contribution >= 4 is 19.5 Å². The predicted octanol–water partition coefficient (Wildman–Crippen LogP) is 2.04. The van der Waals surface area contributed by atoms with Crippen molar-refractivity contribution < 1.29 is 33.3 Å². The van der Waals surface area contributed by atoms with E-state index in [1.807, 2.05) is 12.1 Å². The molecule has 2 aromatic rings. The average molecular weight is 407 g/mol. The molecule has 1 amide bonds. The highest BCUT2D eigenvalue weighted by molar-refractivity contribution is 7.60. The summed E-state index contributed by atoms with van der Waals surface area (Å²) in [5.41, 5.74) is 0.888. The summed E-state index contributed by atoms with van der Waals surface area (Å²) in [5, 5.41) is 13.0. The van der Waals surface area contributed by atoms with Gasteiger partial charge in [-0.05, 0) is 24.3 Å². The number of anilines is 1. The molecule has 1 fully saturated rings. The molecule has 1 aromatic heterocycles. The smallest absolute Gasteiger partial charge is 0.446 e. The van der Waals surface area contributed by atoms with Crippen molar-refractivity contribution in [2.45, 2.75) is 18.4 Å². The molecule has 0 radical (unpaired) electrons. The third-order valence-electron chi connectivity index (χ3n) is 4.32. The molecule has 9 nitrogen and oxygen atoms in total. The van der Waals surface area contributed by atoms with E-state index in [0.717, 1.165) is 0 Å². The summed E-state index contributed by atoms with van der Waals surface area (Å²) >= 11 is 0. The molecule has 0 aliphatic carbocycles. The monoisotopic (exact) mass is 407 g/mol. The molecule has 2 unspecified atom stereocenters. The lowest BCUT2D eigenvalue weighted by atomic mass is 10.2. The van der Waals surface area contributed by atoms with E-state index in [-0.39, 0.29) is 31.4 Å². The molecule has 3 heterocycles. The number of benzene rings is 1. The Morgan fingerprint density at radius 2 is 2.04 bits per heavy atom. The largest absolute Gasteiger partial charge is 0.492 e. The van der Waals surface area contributed by atoms with Crippen LogP contribution in [0.3, 0.4) is 0 Å². The van der Waals surface area contributed by atoms with E-state index in [2.05, 4.69) is 10.3 Å². The van der Waals surface area contributed by atoms with Crippen LogP contribution in [0.4, 0.5) is 5.69 Å². The quantitative estimate of drug-likeness (QED) is 0.623. The van der Waals surface area contributed by atoms with Gasteiger partial charge in [0.2, 0.25) is 0 Å². The van der Waals surface area contributed by atoms with Crippen LogP contribution in [0, 0.1) is 0 Å². The average Bonchev–Trinajstić information content (AvgIpc) is 3.16. The standard InChI is InChI=1S/C18H19N2O7P/c21-17-16(27-15-4-2-1-3-13(15)20-17)7-8-24-12-5-6-14(19-11-12)18(22)28(23)25-9-10-26-28/h1-6,11,16,18,22-23H,7-10H2/p+1. The van der Waals surface area contributed by atoms with Gasteiger partial charge >= 0.3 is 7.94 Å². The first-order valence-corrected chi connectivity index (χ1v) is 10.4. The van der Waals surface area contributed by atoms with Crippen molar-refractivity contribution in [1.82, 2.24) is 4.98 Å². The number of ether oxygens (including phenoxy) is 2. The van der Waals surface area contributed by atoms with Gasteiger partial charge in [-0.15, -0.1) is 0 Å². The van der Waals surface area contributed by atoms with Gasteiger partial charge in [0.05, 0.1) is 18.5 Å². The summed E-state index contributed by atoms with van der Waals surface area (Å²) < 4.78 is 21.6. The highest BCUT2D eigenvalue weighted by atomic mass is 31.2. The summed E-state index contributed by atoms with van der Waals surface area (Å²) in [5.74, 6) is -0.452. The van der Waals surface area contributed by atoms with Gasteiger partial charge in [-0.2, -0.15) is 13.9 Å². The number of nitrogens with one attached hydrogen (secondary N) is 1. The topological polar surface area (TPSA) is 119 Å². The van der Waals surface area contributed by atoms with Gasteiger partial charge < -0.3 is 19.9 Å². The van der Waals surface area contributed by atoms with Crippen LogP contribution < -0.4 is 14.8 Å². The Kier molecular flexibility index (Phi) is 5.43. The summed E-state index contributed by atoms with van der Waals surface area (Å²) in [6.07, 6.45) is 1.15. The molecule has 3 N–H and O–H groups in total. The van der Waals surface area contributed by atoms with Crippen LogP contribution >= 0.6 is 7.94 Å². The molecule has 28 heavy (non-hydrogen) atoms. The normalized spacial score (nSPS) is 21.4. The number of para-hydroxylation sites is 2. The first-order chi connectivity index (χ1) is 13.5. The van der Waals surface area contributed by atoms with Gasteiger partial charge in [0.25, 0.3) is 11.8 Å². The molecule has 0 spiro atoms. The van der Waals surface area contributed by atoms with E-state index in [0.29, 0.717) is 23.6 Å². The predicted molar refractivity (Wildman–Crippen MR) is 99.8 cm³/mol. The van der Waals surface area contributed by atoms with Crippen LogP contribution in [-0.4, -0.2) is 46.8 Å². The molecule has 4 rings (SSSR count). The molecule has 0 bridgehead atoms. The first-order valence-electron chi connectivity index (χ1n) is 8.79. The summed E-state index contributed by atoms with van der Waals surface area (Å²) in [6.45, 7) is 0.723. The number of hydrogen-bond donors (Lipinski definition) is 3. The lowest BCUT2D eigenvalue weighted by molar-refractivity contribution is -0.124. The Morgan fingerprint density at radius 3 is 2.79 bits per heavy atom. The van der Waals surface area contributed by atoms with Crippen LogP contribution in [0.25, 0.3) is 0 Å². The van der Waals surface area contributed by atoms with E-state index >= 15 is 0 Å². The number of aliphatic hydroxyl groups excluding tert-OH is 1. The SMILES string of the molecule is O=C1Nc2ccccc2OC1CCOc1ccc(C(O)[P+]2(O)OCCO2)nc1. The second-order valence-electron chi connectivity index (χ2n) is 6.25. The Morgan fingerprint density at radius 1 is 1.25 bits per heavy atom. The van der Waals surface area contributed by atoms with Crippen LogP contribution in [-0.2, 0) is 13.8 Å². The molecule has 148 valence electrons. The Bertz CT molecular complexity index is 842. The number of aromatic nitrogens is 1. The zero-order valence-electron chi connectivity index (χ0n) is 14.9. The molecule has 1 aromatic carbocycles. The van der Waals surface area contributed by atoms with Gasteiger partial charge in [-0.3, -0.25) is 9.78 Å². The summed E-state index contributed by atoms with van der Waals surface area (Å²) in [6, 6.07) is 10.4. The Hall–Kier alpha value is -2.29. The maximum absolute atomic E-state index is 12.1. The van der Waals surface area contributed by atoms with Gasteiger partial charge in [0.1, 0.15) is 30.4 Å². The van der Waals surface area contributed by atoms with E-state index in [1.165, 1.54) is 12.3 Å². The Labute approximate surface area is 161 Å². The van der Waals surface area contributed by atoms with Crippen LogP contribution in [0.15, 0.2) is 42.6 Å². The number of fused-ring (bicyclic) bond motifs is 1. The number of aliphatic hydroxyl groups is 1. The molecule has 1 saturated heterocycles. The van der Waals surface area contributed by atoms with E-state index in [4.69, 9.17) is 18.5 Å². The van der Waals surface area contributed by atoms with Gasteiger partial charge in [-0.1, -0.05) is 12.1 Å². The fourth-order valence-electron chi connectivity index (χ4n) is 2.88. The van der Waals surface area contributed by atoms with Crippen LogP contribution in [0.5, 0.6) is 11.5 Å². The maximum atomic E-state index is 12.1. The number of carbonyl (C=O) groups is 1. The molecule has 0 saturated carbocycles. The second kappa shape index (κ2) is 7.98. The lowest BCUT2D eigenvalue weighted by Gasteiger charge is -2.25. The van der Waals surface area contributed by atoms with Crippen molar-refractivity contribution in [2.75, 3.05) is 25.1 Å². The fourth-order valence-corrected chi connectivity index (χ4v) is 4.39. The van der Waals surface area contributed by atoms with E-state index < -0.39 is 19.9 Å². The molecular formula is C18H20N2O7P+. The number of rotatable bonds is 6. The minimum Gasteiger partial charge on any atom is -0.492 e. The van der Waals surface area contributed by atoms with Crippen molar-refractivity contribution in [1.29, 1.82) is 0 Å².